The summed E-state index contributed by atoms with van der Waals surface area (Å²) in [5, 5.41) is 3.17. The predicted molar refractivity (Wildman–Crippen MR) is 97.8 cm³/mol. The van der Waals surface area contributed by atoms with Crippen molar-refractivity contribution < 1.29 is 9.53 Å². The normalized spacial score (nSPS) is 31.6. The van der Waals surface area contributed by atoms with Gasteiger partial charge in [-0.25, -0.2) is 4.98 Å². The number of carbonyl (C=O) groups is 1. The van der Waals surface area contributed by atoms with Crippen LogP contribution >= 0.6 is 0 Å². The molecule has 0 atom stereocenters. The second-order valence-electron chi connectivity index (χ2n) is 8.32. The summed E-state index contributed by atoms with van der Waals surface area (Å²) in [4.78, 5) is 21.2. The van der Waals surface area contributed by atoms with E-state index < -0.39 is 0 Å². The summed E-state index contributed by atoms with van der Waals surface area (Å²) >= 11 is 0. The lowest BCUT2D eigenvalue weighted by atomic mass is 9.49. The zero-order chi connectivity index (χ0) is 17.6. The van der Waals surface area contributed by atoms with Gasteiger partial charge in [0.25, 0.3) is 0 Å². The van der Waals surface area contributed by atoms with Gasteiger partial charge < -0.3 is 10.1 Å². The quantitative estimate of drug-likeness (QED) is 0.887. The first-order chi connectivity index (χ1) is 12.7. The Morgan fingerprint density at radius 3 is 2.23 bits per heavy atom. The smallest absolute Gasteiger partial charge is 0.237 e. The van der Waals surface area contributed by atoms with Crippen LogP contribution in [0.1, 0.15) is 38.5 Å². The number of nitrogens with one attached hydrogen (secondary N) is 1. The Morgan fingerprint density at radius 2 is 1.65 bits per heavy atom. The van der Waals surface area contributed by atoms with Crippen LogP contribution in [0.5, 0.6) is 11.6 Å². The van der Waals surface area contributed by atoms with Crippen molar-refractivity contribution in [2.45, 2.75) is 38.5 Å². The lowest BCUT2D eigenvalue weighted by molar-refractivity contribution is -0.140. The molecule has 26 heavy (non-hydrogen) atoms. The first-order valence-electron chi connectivity index (χ1n) is 9.54. The maximum absolute atomic E-state index is 13.1. The van der Waals surface area contributed by atoms with Crippen molar-refractivity contribution >= 4 is 11.6 Å². The SMILES string of the molecule is O=C(Nc1ccc(Oc2cnccn2)cc1)C12CC3CC(CC(C3)C1)C2. The molecule has 1 aromatic heterocycles. The number of hydrogen-bond donors (Lipinski definition) is 1. The van der Waals surface area contributed by atoms with Crippen molar-refractivity contribution in [2.24, 2.45) is 23.2 Å². The molecule has 0 radical (unpaired) electrons. The third-order valence-corrected chi connectivity index (χ3v) is 6.39. The lowest BCUT2D eigenvalue weighted by Crippen LogP contribution is -2.51. The molecule has 0 aliphatic heterocycles. The zero-order valence-corrected chi connectivity index (χ0v) is 14.7. The Labute approximate surface area is 153 Å². The fourth-order valence-electron chi connectivity index (χ4n) is 5.72. The summed E-state index contributed by atoms with van der Waals surface area (Å²) in [5.41, 5.74) is 0.709. The third kappa shape index (κ3) is 2.85. The van der Waals surface area contributed by atoms with E-state index in [2.05, 4.69) is 15.3 Å². The molecule has 4 aliphatic carbocycles. The van der Waals surface area contributed by atoms with Crippen LogP contribution in [0.15, 0.2) is 42.9 Å². The van der Waals surface area contributed by atoms with E-state index in [0.29, 0.717) is 11.6 Å². The van der Waals surface area contributed by atoms with Gasteiger partial charge in [-0.15, -0.1) is 0 Å². The highest BCUT2D eigenvalue weighted by atomic mass is 16.5. The predicted octanol–water partition coefficient (Wildman–Crippen LogP) is 4.42. The average molecular weight is 349 g/mol. The highest BCUT2D eigenvalue weighted by molar-refractivity contribution is 5.95. The lowest BCUT2D eigenvalue weighted by Gasteiger charge is -2.55. The average Bonchev–Trinajstić information content (AvgIpc) is 2.63. The van der Waals surface area contributed by atoms with E-state index in [4.69, 9.17) is 4.74 Å². The second-order valence-corrected chi connectivity index (χ2v) is 8.32. The van der Waals surface area contributed by atoms with Crippen LogP contribution in [0, 0.1) is 23.2 Å². The minimum atomic E-state index is -0.121. The third-order valence-electron chi connectivity index (χ3n) is 6.39. The summed E-state index contributed by atoms with van der Waals surface area (Å²) in [5.74, 6) is 3.68. The molecule has 0 unspecified atom stereocenters. The van der Waals surface area contributed by atoms with Gasteiger partial charge in [0.2, 0.25) is 11.8 Å². The fourth-order valence-corrected chi connectivity index (χ4v) is 5.72. The number of benzene rings is 1. The van der Waals surface area contributed by atoms with Gasteiger partial charge in [-0.3, -0.25) is 9.78 Å². The molecule has 2 aromatic rings. The number of ether oxygens (including phenoxy) is 1. The van der Waals surface area contributed by atoms with Gasteiger partial charge in [-0.05, 0) is 80.5 Å². The van der Waals surface area contributed by atoms with Gasteiger partial charge in [-0.2, -0.15) is 0 Å². The van der Waals surface area contributed by atoms with E-state index in [9.17, 15) is 4.79 Å². The molecule has 4 bridgehead atoms. The number of aromatic nitrogens is 2. The Morgan fingerprint density at radius 1 is 1.00 bits per heavy atom. The van der Waals surface area contributed by atoms with Crippen LogP contribution in [-0.4, -0.2) is 15.9 Å². The monoisotopic (exact) mass is 349 g/mol. The van der Waals surface area contributed by atoms with Crippen LogP contribution in [0.3, 0.4) is 0 Å². The van der Waals surface area contributed by atoms with E-state index in [1.165, 1.54) is 19.3 Å². The van der Waals surface area contributed by atoms with E-state index in [0.717, 1.165) is 42.7 Å². The minimum absolute atomic E-state index is 0.121. The van der Waals surface area contributed by atoms with Gasteiger partial charge in [0.05, 0.1) is 11.6 Å². The van der Waals surface area contributed by atoms with Gasteiger partial charge in [-0.1, -0.05) is 0 Å². The van der Waals surface area contributed by atoms with Crippen LogP contribution < -0.4 is 10.1 Å². The Bertz CT molecular complexity index is 768. The fraction of sp³-hybridized carbons (Fsp3) is 0.476. The van der Waals surface area contributed by atoms with Gasteiger partial charge in [0.15, 0.2) is 0 Å². The van der Waals surface area contributed by atoms with Crippen molar-refractivity contribution in [3.05, 3.63) is 42.9 Å². The van der Waals surface area contributed by atoms with E-state index in [1.54, 1.807) is 18.6 Å². The Hall–Kier alpha value is -2.43. The van der Waals surface area contributed by atoms with E-state index >= 15 is 0 Å². The summed E-state index contributed by atoms with van der Waals surface area (Å²) in [6, 6.07) is 7.49. The highest BCUT2D eigenvalue weighted by Gasteiger charge is 2.54. The zero-order valence-electron chi connectivity index (χ0n) is 14.7. The van der Waals surface area contributed by atoms with Crippen molar-refractivity contribution in [1.82, 2.24) is 9.97 Å². The summed E-state index contributed by atoms with van der Waals surface area (Å²) < 4.78 is 5.65. The van der Waals surface area contributed by atoms with Crippen molar-refractivity contribution in [3.8, 4) is 11.6 Å². The maximum Gasteiger partial charge on any atom is 0.237 e. The molecule has 4 saturated carbocycles. The molecule has 1 N–H and O–H groups in total. The summed E-state index contributed by atoms with van der Waals surface area (Å²) in [7, 11) is 0. The molecule has 4 aliphatic rings. The first kappa shape index (κ1) is 15.8. The van der Waals surface area contributed by atoms with Gasteiger partial charge in [0, 0.05) is 18.1 Å². The van der Waals surface area contributed by atoms with E-state index in [-0.39, 0.29) is 11.3 Å². The molecular weight excluding hydrogens is 326 g/mol. The summed E-state index contributed by atoms with van der Waals surface area (Å²) in [6.45, 7) is 0. The van der Waals surface area contributed by atoms with Gasteiger partial charge in [0.1, 0.15) is 5.75 Å². The van der Waals surface area contributed by atoms with Crippen molar-refractivity contribution in [1.29, 1.82) is 0 Å². The number of rotatable bonds is 4. The van der Waals surface area contributed by atoms with Crippen LogP contribution in [0.25, 0.3) is 0 Å². The van der Waals surface area contributed by atoms with Crippen LogP contribution in [0.2, 0.25) is 0 Å². The number of hydrogen-bond acceptors (Lipinski definition) is 4. The Kier molecular flexibility index (Phi) is 3.69. The molecule has 1 amide bonds. The molecular formula is C21H23N3O2. The largest absolute Gasteiger partial charge is 0.438 e. The molecule has 1 heterocycles. The molecule has 4 fully saturated rings. The van der Waals surface area contributed by atoms with Crippen LogP contribution in [0.4, 0.5) is 5.69 Å². The van der Waals surface area contributed by atoms with Crippen LogP contribution in [-0.2, 0) is 4.79 Å². The molecule has 0 spiro atoms. The number of anilines is 1. The second kappa shape index (κ2) is 6.08. The number of amides is 1. The standard InChI is InChI=1S/C21H23N3O2/c25-20(21-10-14-7-15(11-21)9-16(8-14)12-21)24-17-1-3-18(4-2-17)26-19-13-22-5-6-23-19/h1-6,13-16H,7-12H2,(H,24,25). The topological polar surface area (TPSA) is 64.1 Å². The first-order valence-corrected chi connectivity index (χ1v) is 9.54. The van der Waals surface area contributed by atoms with Crippen molar-refractivity contribution in [2.75, 3.05) is 5.32 Å². The Balaban J connectivity index is 1.27. The minimum Gasteiger partial charge on any atom is -0.438 e. The molecule has 5 heteroatoms. The van der Waals surface area contributed by atoms with Crippen molar-refractivity contribution in [3.63, 3.8) is 0 Å². The molecule has 1 aromatic carbocycles. The summed E-state index contributed by atoms with van der Waals surface area (Å²) in [6.07, 6.45) is 12.1. The number of nitrogens with zero attached hydrogens (tertiary/aromatic N) is 2. The highest BCUT2D eigenvalue weighted by Crippen LogP contribution is 2.60. The molecule has 134 valence electrons. The molecule has 6 rings (SSSR count). The van der Waals surface area contributed by atoms with Gasteiger partial charge >= 0.3 is 0 Å². The maximum atomic E-state index is 13.1. The number of carbonyl (C=O) groups excluding carboxylic acids is 1. The van der Waals surface area contributed by atoms with E-state index in [1.807, 2.05) is 24.3 Å². The molecule has 0 saturated heterocycles. The molecule has 5 nitrogen and oxygen atoms in total.